The molecule has 2 heteroatoms. The topological polar surface area (TPSA) is 15.3 Å². The largest absolute Gasteiger partial charge is 0.316 e. The highest BCUT2D eigenvalue weighted by molar-refractivity contribution is 4.89. The molecule has 1 saturated heterocycles. The molecule has 94 valence electrons. The summed E-state index contributed by atoms with van der Waals surface area (Å²) in [7, 11) is 2.26. The van der Waals surface area contributed by atoms with Crippen LogP contribution in [0.3, 0.4) is 0 Å². The molecule has 0 aliphatic carbocycles. The number of hydrogen-bond donors (Lipinski definition) is 1. The van der Waals surface area contributed by atoms with Crippen molar-refractivity contribution in [3.8, 4) is 0 Å². The fraction of sp³-hybridized carbons (Fsp3) is 0.857. The molecular formula is C14H28N2. The van der Waals surface area contributed by atoms with Crippen LogP contribution in [0.1, 0.15) is 39.0 Å². The van der Waals surface area contributed by atoms with Gasteiger partial charge in [-0.2, -0.15) is 0 Å². The van der Waals surface area contributed by atoms with Crippen LogP contribution in [0.4, 0.5) is 0 Å². The second-order valence-corrected chi connectivity index (χ2v) is 5.35. The Morgan fingerprint density at radius 2 is 2.31 bits per heavy atom. The number of nitrogens with zero attached hydrogens (tertiary/aromatic N) is 1. The first-order valence-electron chi connectivity index (χ1n) is 6.72. The normalized spacial score (nSPS) is 25.2. The molecule has 1 heterocycles. The minimum atomic E-state index is 0.553. The first-order chi connectivity index (χ1) is 7.72. The molecule has 1 atom stereocenters. The third-order valence-electron chi connectivity index (χ3n) is 3.67. The van der Waals surface area contributed by atoms with Gasteiger partial charge in [-0.25, -0.2) is 0 Å². The van der Waals surface area contributed by atoms with Gasteiger partial charge in [-0.15, -0.1) is 6.58 Å². The molecule has 16 heavy (non-hydrogen) atoms. The molecule has 1 fully saturated rings. The Kier molecular flexibility index (Phi) is 6.07. The molecule has 0 aromatic heterocycles. The van der Waals surface area contributed by atoms with Gasteiger partial charge in [0.25, 0.3) is 0 Å². The average molecular weight is 224 g/mol. The monoisotopic (exact) mass is 224 g/mol. The molecule has 1 rings (SSSR count). The van der Waals surface area contributed by atoms with E-state index in [1.54, 1.807) is 0 Å². The SMILES string of the molecule is C=CCCCN(C)CC1(CCC)CCNC1. The maximum atomic E-state index is 3.78. The van der Waals surface area contributed by atoms with Gasteiger partial charge in [0.15, 0.2) is 0 Å². The number of hydrogen-bond acceptors (Lipinski definition) is 2. The zero-order valence-corrected chi connectivity index (χ0v) is 11.1. The minimum absolute atomic E-state index is 0.553. The lowest BCUT2D eigenvalue weighted by Crippen LogP contribution is -2.37. The molecule has 1 N–H and O–H groups in total. The Balaban J connectivity index is 2.33. The van der Waals surface area contributed by atoms with E-state index in [0.29, 0.717) is 5.41 Å². The fourth-order valence-corrected chi connectivity index (χ4v) is 2.91. The van der Waals surface area contributed by atoms with Gasteiger partial charge in [-0.3, -0.25) is 0 Å². The number of nitrogens with one attached hydrogen (secondary N) is 1. The van der Waals surface area contributed by atoms with Gasteiger partial charge in [0, 0.05) is 13.1 Å². The Morgan fingerprint density at radius 3 is 2.88 bits per heavy atom. The Hall–Kier alpha value is -0.340. The maximum Gasteiger partial charge on any atom is 0.00476 e. The molecule has 0 aromatic rings. The summed E-state index contributed by atoms with van der Waals surface area (Å²) in [5, 5.41) is 3.53. The van der Waals surface area contributed by atoms with Crippen LogP contribution < -0.4 is 5.32 Å². The van der Waals surface area contributed by atoms with Gasteiger partial charge < -0.3 is 10.2 Å². The van der Waals surface area contributed by atoms with Crippen LogP contribution in [0.2, 0.25) is 0 Å². The van der Waals surface area contributed by atoms with Crippen molar-refractivity contribution in [3.63, 3.8) is 0 Å². The summed E-state index contributed by atoms with van der Waals surface area (Å²) in [5.74, 6) is 0. The van der Waals surface area contributed by atoms with Crippen LogP contribution in [0.25, 0.3) is 0 Å². The van der Waals surface area contributed by atoms with Gasteiger partial charge in [-0.1, -0.05) is 19.4 Å². The zero-order chi connectivity index (χ0) is 11.9. The second-order valence-electron chi connectivity index (χ2n) is 5.35. The maximum absolute atomic E-state index is 3.78. The summed E-state index contributed by atoms with van der Waals surface area (Å²) >= 11 is 0. The van der Waals surface area contributed by atoms with E-state index < -0.39 is 0 Å². The summed E-state index contributed by atoms with van der Waals surface area (Å²) in [6.07, 6.45) is 8.44. The predicted molar refractivity (Wildman–Crippen MR) is 71.8 cm³/mol. The molecular weight excluding hydrogens is 196 g/mol. The Bertz CT molecular complexity index is 195. The number of unbranched alkanes of at least 4 members (excludes halogenated alkanes) is 1. The van der Waals surface area contributed by atoms with Crippen LogP contribution in [-0.4, -0.2) is 38.1 Å². The van der Waals surface area contributed by atoms with Gasteiger partial charge >= 0.3 is 0 Å². The highest BCUT2D eigenvalue weighted by Gasteiger charge is 2.33. The molecule has 0 amide bonds. The zero-order valence-electron chi connectivity index (χ0n) is 11.1. The summed E-state index contributed by atoms with van der Waals surface area (Å²) in [6.45, 7) is 11.0. The number of rotatable bonds is 8. The smallest absolute Gasteiger partial charge is 0.00476 e. The second kappa shape index (κ2) is 7.08. The summed E-state index contributed by atoms with van der Waals surface area (Å²) in [5.41, 5.74) is 0.553. The van der Waals surface area contributed by atoms with E-state index in [1.165, 1.54) is 51.9 Å². The molecule has 0 saturated carbocycles. The van der Waals surface area contributed by atoms with Gasteiger partial charge in [0.2, 0.25) is 0 Å². The molecule has 1 aliphatic heterocycles. The highest BCUT2D eigenvalue weighted by Crippen LogP contribution is 2.31. The molecule has 0 aromatic carbocycles. The van der Waals surface area contributed by atoms with Crippen molar-refractivity contribution in [2.75, 3.05) is 33.2 Å². The third kappa shape index (κ3) is 4.26. The molecule has 0 radical (unpaired) electrons. The van der Waals surface area contributed by atoms with E-state index in [1.807, 2.05) is 6.08 Å². The van der Waals surface area contributed by atoms with Crippen molar-refractivity contribution in [3.05, 3.63) is 12.7 Å². The van der Waals surface area contributed by atoms with Crippen LogP contribution in [0.15, 0.2) is 12.7 Å². The molecule has 1 unspecified atom stereocenters. The summed E-state index contributed by atoms with van der Waals surface area (Å²) < 4.78 is 0. The van der Waals surface area contributed by atoms with Crippen molar-refractivity contribution in [1.29, 1.82) is 0 Å². The van der Waals surface area contributed by atoms with Crippen LogP contribution in [0.5, 0.6) is 0 Å². The van der Waals surface area contributed by atoms with E-state index in [4.69, 9.17) is 0 Å². The van der Waals surface area contributed by atoms with Crippen molar-refractivity contribution in [1.82, 2.24) is 10.2 Å². The van der Waals surface area contributed by atoms with Gasteiger partial charge in [-0.05, 0) is 51.2 Å². The molecule has 0 spiro atoms. The lowest BCUT2D eigenvalue weighted by Gasteiger charge is -2.32. The van der Waals surface area contributed by atoms with Gasteiger partial charge in [0.1, 0.15) is 0 Å². The summed E-state index contributed by atoms with van der Waals surface area (Å²) in [6, 6.07) is 0. The fourth-order valence-electron chi connectivity index (χ4n) is 2.91. The first kappa shape index (κ1) is 13.7. The Labute approximate surface area is 101 Å². The molecule has 2 nitrogen and oxygen atoms in total. The van der Waals surface area contributed by atoms with Gasteiger partial charge in [0.05, 0.1) is 0 Å². The highest BCUT2D eigenvalue weighted by atomic mass is 15.1. The lowest BCUT2D eigenvalue weighted by molar-refractivity contribution is 0.177. The quantitative estimate of drug-likeness (QED) is 0.504. The molecule has 1 aliphatic rings. The average Bonchev–Trinajstić information content (AvgIpc) is 2.67. The predicted octanol–water partition coefficient (Wildman–Crippen LogP) is 2.66. The summed E-state index contributed by atoms with van der Waals surface area (Å²) in [4.78, 5) is 2.51. The standard InChI is InChI=1S/C14H28N2/c1-4-6-7-11-16(3)13-14(8-5-2)9-10-15-12-14/h4,15H,1,5-13H2,2-3H3. The third-order valence-corrected chi connectivity index (χ3v) is 3.67. The van der Waals surface area contributed by atoms with Crippen molar-refractivity contribution in [2.24, 2.45) is 5.41 Å². The number of allylic oxidation sites excluding steroid dienone is 1. The van der Waals surface area contributed by atoms with Crippen molar-refractivity contribution >= 4 is 0 Å². The lowest BCUT2D eigenvalue weighted by atomic mass is 9.82. The van der Waals surface area contributed by atoms with Crippen molar-refractivity contribution < 1.29 is 0 Å². The van der Waals surface area contributed by atoms with Crippen molar-refractivity contribution in [2.45, 2.75) is 39.0 Å². The van der Waals surface area contributed by atoms with E-state index in [-0.39, 0.29) is 0 Å². The van der Waals surface area contributed by atoms with E-state index in [0.717, 1.165) is 6.42 Å². The van der Waals surface area contributed by atoms with E-state index >= 15 is 0 Å². The first-order valence-corrected chi connectivity index (χ1v) is 6.72. The van der Waals surface area contributed by atoms with E-state index in [2.05, 4.69) is 30.8 Å². The van der Waals surface area contributed by atoms with E-state index in [9.17, 15) is 0 Å². The van der Waals surface area contributed by atoms with Crippen LogP contribution >= 0.6 is 0 Å². The van der Waals surface area contributed by atoms with Crippen LogP contribution in [0, 0.1) is 5.41 Å². The minimum Gasteiger partial charge on any atom is -0.316 e. The van der Waals surface area contributed by atoms with Crippen LogP contribution in [-0.2, 0) is 0 Å². The Morgan fingerprint density at radius 1 is 1.50 bits per heavy atom. The molecule has 0 bridgehead atoms.